The van der Waals surface area contributed by atoms with Crippen LogP contribution in [0.5, 0.6) is 0 Å². The van der Waals surface area contributed by atoms with E-state index in [0.29, 0.717) is 29.1 Å². The van der Waals surface area contributed by atoms with Crippen LogP contribution in [-0.2, 0) is 17.6 Å². The van der Waals surface area contributed by atoms with Crippen molar-refractivity contribution in [1.29, 1.82) is 0 Å². The molecule has 144 valence electrons. The van der Waals surface area contributed by atoms with E-state index in [4.69, 9.17) is 4.98 Å². The Hall–Kier alpha value is -2.22. The van der Waals surface area contributed by atoms with Gasteiger partial charge in [-0.05, 0) is 38.0 Å². The molecule has 3 atom stereocenters. The highest BCUT2D eigenvalue weighted by Gasteiger charge is 2.32. The molecule has 2 aliphatic rings. The summed E-state index contributed by atoms with van der Waals surface area (Å²) < 4.78 is 0. The zero-order valence-corrected chi connectivity index (χ0v) is 17.0. The number of anilines is 4. The van der Waals surface area contributed by atoms with Gasteiger partial charge in [-0.2, -0.15) is 0 Å². The zero-order valence-electron chi connectivity index (χ0n) is 16.2. The van der Waals surface area contributed by atoms with Gasteiger partial charge in [0.25, 0.3) is 0 Å². The summed E-state index contributed by atoms with van der Waals surface area (Å²) in [7, 11) is 0. The Morgan fingerprint density at radius 2 is 2.15 bits per heavy atom. The van der Waals surface area contributed by atoms with Crippen molar-refractivity contribution in [2.45, 2.75) is 59.4 Å². The minimum absolute atomic E-state index is 0.0420. The van der Waals surface area contributed by atoms with Crippen molar-refractivity contribution in [1.82, 2.24) is 15.0 Å². The Morgan fingerprint density at radius 3 is 2.93 bits per heavy atom. The number of fused-ring (bicyclic) bond motifs is 2. The fraction of sp³-hybridized carbons (Fsp3) is 0.579. The normalized spacial score (nSPS) is 22.3. The van der Waals surface area contributed by atoms with Crippen LogP contribution < -0.4 is 16.0 Å². The molecule has 3 heterocycles. The number of amides is 1. The predicted octanol–water partition coefficient (Wildman–Crippen LogP) is 3.89. The standard InChI is InChI=1S/C19H26N6OS/c1-5-10(3)14-18(26)24-15-16(23-14)20-11(4)21-17(15)25-19-22-12-7-6-9(2)8-13(12)27-19/h9-10,14H,5-8H2,1-4H3,(H,24,26)(H2,20,21,22,23,25). The Morgan fingerprint density at radius 1 is 1.33 bits per heavy atom. The number of aromatic nitrogens is 3. The molecule has 1 aliphatic heterocycles. The van der Waals surface area contributed by atoms with E-state index < -0.39 is 0 Å². The number of carbonyl (C=O) groups excluding carboxylic acids is 1. The van der Waals surface area contributed by atoms with Crippen LogP contribution >= 0.6 is 11.3 Å². The lowest BCUT2D eigenvalue weighted by Crippen LogP contribution is -2.43. The second-order valence-electron chi connectivity index (χ2n) is 7.70. The number of carbonyl (C=O) groups is 1. The number of nitrogens with one attached hydrogen (secondary N) is 3. The highest BCUT2D eigenvalue weighted by Crippen LogP contribution is 2.37. The SMILES string of the molecule is CCC(C)C1Nc2nc(C)nc(Nc3nc4c(s3)CC(C)CC4)c2NC1=O. The van der Waals surface area contributed by atoms with Crippen molar-refractivity contribution in [3.05, 3.63) is 16.4 Å². The summed E-state index contributed by atoms with van der Waals surface area (Å²) in [6.45, 7) is 8.29. The van der Waals surface area contributed by atoms with Crippen molar-refractivity contribution in [3.8, 4) is 0 Å². The molecule has 7 nitrogen and oxygen atoms in total. The molecular formula is C19H26N6OS. The van der Waals surface area contributed by atoms with Gasteiger partial charge in [-0.15, -0.1) is 11.3 Å². The van der Waals surface area contributed by atoms with Gasteiger partial charge < -0.3 is 16.0 Å². The minimum Gasteiger partial charge on any atom is -0.356 e. The van der Waals surface area contributed by atoms with Crippen LogP contribution in [0.3, 0.4) is 0 Å². The van der Waals surface area contributed by atoms with E-state index >= 15 is 0 Å². The predicted molar refractivity (Wildman–Crippen MR) is 109 cm³/mol. The van der Waals surface area contributed by atoms with Gasteiger partial charge in [-0.1, -0.05) is 27.2 Å². The second-order valence-corrected chi connectivity index (χ2v) is 8.79. The van der Waals surface area contributed by atoms with Gasteiger partial charge >= 0.3 is 0 Å². The molecule has 27 heavy (non-hydrogen) atoms. The van der Waals surface area contributed by atoms with E-state index in [2.05, 4.69) is 46.7 Å². The van der Waals surface area contributed by atoms with Crippen molar-refractivity contribution < 1.29 is 4.79 Å². The van der Waals surface area contributed by atoms with Crippen LogP contribution in [0.1, 0.15) is 50.0 Å². The third-order valence-electron chi connectivity index (χ3n) is 5.47. The molecule has 1 amide bonds. The first-order valence-electron chi connectivity index (χ1n) is 9.66. The van der Waals surface area contributed by atoms with Gasteiger partial charge in [0.1, 0.15) is 17.6 Å². The second kappa shape index (κ2) is 7.07. The van der Waals surface area contributed by atoms with Gasteiger partial charge in [-0.3, -0.25) is 4.79 Å². The molecule has 0 aromatic carbocycles. The largest absolute Gasteiger partial charge is 0.356 e. The molecule has 3 N–H and O–H groups in total. The number of hydrogen-bond donors (Lipinski definition) is 3. The molecule has 0 saturated carbocycles. The monoisotopic (exact) mass is 386 g/mol. The number of nitrogens with zero attached hydrogens (tertiary/aromatic N) is 3. The Labute approximate surface area is 163 Å². The number of aryl methyl sites for hydroxylation is 2. The van der Waals surface area contributed by atoms with E-state index in [1.807, 2.05) is 6.92 Å². The van der Waals surface area contributed by atoms with Gasteiger partial charge in [0, 0.05) is 4.88 Å². The molecular weight excluding hydrogens is 360 g/mol. The molecule has 0 spiro atoms. The minimum atomic E-state index is -0.279. The third-order valence-corrected chi connectivity index (χ3v) is 6.50. The molecule has 2 aromatic heterocycles. The van der Waals surface area contributed by atoms with Gasteiger partial charge in [0.15, 0.2) is 16.8 Å². The first-order valence-corrected chi connectivity index (χ1v) is 10.5. The van der Waals surface area contributed by atoms with Crippen molar-refractivity contribution >= 4 is 39.7 Å². The van der Waals surface area contributed by atoms with Crippen LogP contribution in [0.25, 0.3) is 0 Å². The molecule has 2 aromatic rings. The summed E-state index contributed by atoms with van der Waals surface area (Å²) >= 11 is 1.68. The fourth-order valence-corrected chi connectivity index (χ4v) is 4.80. The lowest BCUT2D eigenvalue weighted by Gasteiger charge is -2.30. The Bertz CT molecular complexity index is 879. The maximum atomic E-state index is 12.6. The van der Waals surface area contributed by atoms with E-state index in [9.17, 15) is 4.79 Å². The fourth-order valence-electron chi connectivity index (χ4n) is 3.63. The van der Waals surface area contributed by atoms with E-state index in [0.717, 1.165) is 24.4 Å². The summed E-state index contributed by atoms with van der Waals surface area (Å²) in [5, 5.41) is 10.4. The van der Waals surface area contributed by atoms with E-state index in [-0.39, 0.29) is 17.9 Å². The zero-order chi connectivity index (χ0) is 19.1. The van der Waals surface area contributed by atoms with Gasteiger partial charge in [0.2, 0.25) is 5.91 Å². The number of rotatable bonds is 4. The highest BCUT2D eigenvalue weighted by molar-refractivity contribution is 7.15. The van der Waals surface area contributed by atoms with Crippen LogP contribution in [0.15, 0.2) is 0 Å². The van der Waals surface area contributed by atoms with Crippen LogP contribution in [-0.4, -0.2) is 26.9 Å². The number of hydrogen-bond acceptors (Lipinski definition) is 7. The maximum absolute atomic E-state index is 12.6. The van der Waals surface area contributed by atoms with Crippen LogP contribution in [0, 0.1) is 18.8 Å². The molecule has 8 heteroatoms. The first kappa shape index (κ1) is 18.2. The average Bonchev–Trinajstić information content (AvgIpc) is 3.02. The number of thiazole rings is 1. The summed E-state index contributed by atoms with van der Waals surface area (Å²) in [5.41, 5.74) is 1.80. The Balaban J connectivity index is 1.63. The summed E-state index contributed by atoms with van der Waals surface area (Å²) in [4.78, 5) is 27.7. The smallest absolute Gasteiger partial charge is 0.247 e. The molecule has 3 unspecified atom stereocenters. The summed E-state index contributed by atoms with van der Waals surface area (Å²) in [6.07, 6.45) is 4.22. The topological polar surface area (TPSA) is 91.8 Å². The molecule has 4 rings (SSSR count). The summed E-state index contributed by atoms with van der Waals surface area (Å²) in [6, 6.07) is -0.279. The van der Waals surface area contributed by atoms with E-state index in [1.165, 1.54) is 17.0 Å². The molecule has 1 aliphatic carbocycles. The van der Waals surface area contributed by atoms with Crippen molar-refractivity contribution in [3.63, 3.8) is 0 Å². The molecule has 0 bridgehead atoms. The average molecular weight is 387 g/mol. The van der Waals surface area contributed by atoms with Crippen molar-refractivity contribution in [2.75, 3.05) is 16.0 Å². The van der Waals surface area contributed by atoms with Gasteiger partial charge in [0.05, 0.1) is 5.69 Å². The van der Waals surface area contributed by atoms with E-state index in [1.54, 1.807) is 11.3 Å². The quantitative estimate of drug-likeness (QED) is 0.738. The maximum Gasteiger partial charge on any atom is 0.247 e. The third kappa shape index (κ3) is 3.50. The lowest BCUT2D eigenvalue weighted by atomic mass is 9.93. The van der Waals surface area contributed by atoms with Crippen LogP contribution in [0.2, 0.25) is 0 Å². The summed E-state index contributed by atoms with van der Waals surface area (Å²) in [5.74, 6) is 2.81. The van der Waals surface area contributed by atoms with Crippen molar-refractivity contribution in [2.24, 2.45) is 11.8 Å². The molecule has 0 radical (unpaired) electrons. The Kier molecular flexibility index (Phi) is 4.75. The van der Waals surface area contributed by atoms with Crippen LogP contribution in [0.4, 0.5) is 22.5 Å². The lowest BCUT2D eigenvalue weighted by molar-refractivity contribution is -0.118. The molecule has 0 fully saturated rings. The highest BCUT2D eigenvalue weighted by atomic mass is 32.1. The van der Waals surface area contributed by atoms with Gasteiger partial charge in [-0.25, -0.2) is 15.0 Å². The molecule has 0 saturated heterocycles. The first-order chi connectivity index (χ1) is 12.9.